The predicted molar refractivity (Wildman–Crippen MR) is 106 cm³/mol. The van der Waals surface area contributed by atoms with Crippen LogP contribution < -0.4 is 9.03 Å². The first-order chi connectivity index (χ1) is 13.6. The first-order valence-electron chi connectivity index (χ1n) is 8.23. The number of halogens is 2. The third-order valence-corrected chi connectivity index (χ3v) is 7.23. The van der Waals surface area contributed by atoms with Gasteiger partial charge in [0.15, 0.2) is 11.6 Å². The van der Waals surface area contributed by atoms with Crippen LogP contribution in [0, 0.1) is 11.6 Å². The average molecular weight is 438 g/mol. The van der Waals surface area contributed by atoms with Gasteiger partial charge in [0, 0.05) is 7.05 Å². The summed E-state index contributed by atoms with van der Waals surface area (Å²) in [5, 5.41) is 0. The van der Waals surface area contributed by atoms with Crippen molar-refractivity contribution in [3.8, 4) is 0 Å². The minimum Gasteiger partial charge on any atom is -0.280 e. The lowest BCUT2D eigenvalue weighted by Crippen LogP contribution is -2.26. The Morgan fingerprint density at radius 3 is 2.10 bits per heavy atom. The van der Waals surface area contributed by atoms with Gasteiger partial charge >= 0.3 is 0 Å². The lowest BCUT2D eigenvalue weighted by molar-refractivity contribution is 0.504. The highest BCUT2D eigenvalue weighted by atomic mass is 32.2. The fourth-order valence-corrected chi connectivity index (χ4v) is 4.82. The number of hydrogen-bond donors (Lipinski definition) is 1. The van der Waals surface area contributed by atoms with Gasteiger partial charge < -0.3 is 0 Å². The monoisotopic (exact) mass is 438 g/mol. The molecule has 0 aliphatic rings. The first kappa shape index (κ1) is 20.7. The standard InChI is InChI=1S/C19H16F2N2O4S2/c1-23(15-7-3-2-4-8-15)29(26,27)17-9-5-6-14(12-17)22-28(24,25)16-10-11-18(20)19(21)13-16/h2-13,22H,1H3. The van der Waals surface area contributed by atoms with Crippen molar-refractivity contribution in [3.05, 3.63) is 84.4 Å². The normalized spacial score (nSPS) is 11.8. The van der Waals surface area contributed by atoms with Crippen LogP contribution in [0.25, 0.3) is 0 Å². The fraction of sp³-hybridized carbons (Fsp3) is 0.0526. The maximum absolute atomic E-state index is 13.4. The predicted octanol–water partition coefficient (Wildman–Crippen LogP) is 3.59. The maximum atomic E-state index is 13.4. The van der Waals surface area contributed by atoms with Gasteiger partial charge in [0.05, 0.1) is 21.2 Å². The molecule has 0 amide bonds. The number of sulfonamides is 2. The number of hydrogen-bond acceptors (Lipinski definition) is 4. The van der Waals surface area contributed by atoms with Crippen molar-refractivity contribution >= 4 is 31.4 Å². The fourth-order valence-electron chi connectivity index (χ4n) is 2.51. The molecule has 152 valence electrons. The average Bonchev–Trinajstić information content (AvgIpc) is 2.70. The van der Waals surface area contributed by atoms with Crippen molar-refractivity contribution < 1.29 is 25.6 Å². The summed E-state index contributed by atoms with van der Waals surface area (Å²) in [6.45, 7) is 0. The Morgan fingerprint density at radius 2 is 1.45 bits per heavy atom. The lowest BCUT2D eigenvalue weighted by Gasteiger charge is -2.20. The Labute approximate surface area is 167 Å². The molecule has 0 aliphatic carbocycles. The summed E-state index contributed by atoms with van der Waals surface area (Å²) in [6, 6.07) is 15.7. The quantitative estimate of drug-likeness (QED) is 0.638. The van der Waals surface area contributed by atoms with Crippen LogP contribution >= 0.6 is 0 Å². The molecule has 10 heteroatoms. The second-order valence-corrected chi connectivity index (χ2v) is 9.67. The smallest absolute Gasteiger partial charge is 0.264 e. The molecule has 0 saturated carbocycles. The van der Waals surface area contributed by atoms with Crippen molar-refractivity contribution in [2.75, 3.05) is 16.1 Å². The molecule has 3 rings (SSSR count). The number of nitrogens with zero attached hydrogens (tertiary/aromatic N) is 1. The molecular weight excluding hydrogens is 422 g/mol. The zero-order valence-electron chi connectivity index (χ0n) is 15.1. The van der Waals surface area contributed by atoms with Gasteiger partial charge in [-0.15, -0.1) is 0 Å². The molecule has 0 radical (unpaired) electrons. The third kappa shape index (κ3) is 4.38. The Bertz CT molecular complexity index is 1250. The van der Waals surface area contributed by atoms with Crippen molar-refractivity contribution in [1.82, 2.24) is 0 Å². The van der Waals surface area contributed by atoms with Gasteiger partial charge in [-0.3, -0.25) is 9.03 Å². The minimum atomic E-state index is -4.25. The summed E-state index contributed by atoms with van der Waals surface area (Å²) in [4.78, 5) is -0.639. The molecule has 0 atom stereocenters. The molecule has 6 nitrogen and oxygen atoms in total. The molecule has 29 heavy (non-hydrogen) atoms. The maximum Gasteiger partial charge on any atom is 0.264 e. The lowest BCUT2D eigenvalue weighted by atomic mass is 10.3. The van der Waals surface area contributed by atoms with Gasteiger partial charge in [0.25, 0.3) is 20.0 Å². The topological polar surface area (TPSA) is 83.6 Å². The Kier molecular flexibility index (Phi) is 5.58. The van der Waals surface area contributed by atoms with Crippen LogP contribution in [0.15, 0.2) is 82.6 Å². The Balaban J connectivity index is 1.92. The summed E-state index contributed by atoms with van der Waals surface area (Å²) >= 11 is 0. The second kappa shape index (κ2) is 7.80. The van der Waals surface area contributed by atoms with E-state index in [2.05, 4.69) is 4.72 Å². The van der Waals surface area contributed by atoms with Crippen LogP contribution in [0.5, 0.6) is 0 Å². The summed E-state index contributed by atoms with van der Waals surface area (Å²) in [5.41, 5.74) is 0.387. The SMILES string of the molecule is CN(c1ccccc1)S(=O)(=O)c1cccc(NS(=O)(=O)c2ccc(F)c(F)c2)c1. The van der Waals surface area contributed by atoms with E-state index in [1.54, 1.807) is 30.3 Å². The molecular formula is C19H16F2N2O4S2. The molecule has 0 aromatic heterocycles. The van der Waals surface area contributed by atoms with Crippen LogP contribution in [0.4, 0.5) is 20.2 Å². The Hall–Kier alpha value is -2.98. The number of rotatable bonds is 6. The molecule has 0 saturated heterocycles. The molecule has 0 fully saturated rings. The van der Waals surface area contributed by atoms with Gasteiger partial charge in [-0.2, -0.15) is 0 Å². The van der Waals surface area contributed by atoms with Crippen LogP contribution in [0.2, 0.25) is 0 Å². The van der Waals surface area contributed by atoms with E-state index in [4.69, 9.17) is 0 Å². The van der Waals surface area contributed by atoms with Gasteiger partial charge in [-0.1, -0.05) is 24.3 Å². The molecule has 3 aromatic rings. The highest BCUT2D eigenvalue weighted by Gasteiger charge is 2.23. The van der Waals surface area contributed by atoms with Gasteiger partial charge in [-0.05, 0) is 48.5 Å². The molecule has 0 unspecified atom stereocenters. The highest BCUT2D eigenvalue weighted by molar-refractivity contribution is 7.93. The number of benzene rings is 3. The zero-order valence-corrected chi connectivity index (χ0v) is 16.7. The van der Waals surface area contributed by atoms with Crippen molar-refractivity contribution in [3.63, 3.8) is 0 Å². The van der Waals surface area contributed by atoms with Gasteiger partial charge in [0.2, 0.25) is 0 Å². The van der Waals surface area contributed by atoms with E-state index in [0.29, 0.717) is 17.8 Å². The summed E-state index contributed by atoms with van der Waals surface area (Å²) in [7, 11) is -6.83. The summed E-state index contributed by atoms with van der Waals surface area (Å²) in [6.07, 6.45) is 0. The van der Waals surface area contributed by atoms with Crippen LogP contribution in [0.1, 0.15) is 0 Å². The molecule has 0 spiro atoms. The van der Waals surface area contributed by atoms with Crippen molar-refractivity contribution in [2.24, 2.45) is 0 Å². The van der Waals surface area contributed by atoms with E-state index in [0.717, 1.165) is 16.4 Å². The van der Waals surface area contributed by atoms with Gasteiger partial charge in [-0.25, -0.2) is 25.6 Å². The van der Waals surface area contributed by atoms with Gasteiger partial charge in [0.1, 0.15) is 0 Å². The number of para-hydroxylation sites is 1. The molecule has 3 aromatic carbocycles. The number of anilines is 2. The largest absolute Gasteiger partial charge is 0.280 e. The van der Waals surface area contributed by atoms with Crippen LogP contribution in [-0.4, -0.2) is 23.9 Å². The summed E-state index contributed by atoms with van der Waals surface area (Å²) in [5.74, 6) is -2.49. The third-order valence-electron chi connectivity index (χ3n) is 4.07. The molecule has 0 aliphatic heterocycles. The zero-order chi connectivity index (χ0) is 21.2. The van der Waals surface area contributed by atoms with E-state index in [1.807, 2.05) is 0 Å². The van der Waals surface area contributed by atoms with Crippen molar-refractivity contribution in [2.45, 2.75) is 9.79 Å². The first-order valence-corrected chi connectivity index (χ1v) is 11.2. The highest BCUT2D eigenvalue weighted by Crippen LogP contribution is 2.25. The van der Waals surface area contributed by atoms with E-state index in [1.165, 1.54) is 25.2 Å². The molecule has 0 heterocycles. The number of nitrogens with one attached hydrogen (secondary N) is 1. The second-order valence-electron chi connectivity index (χ2n) is 6.02. The molecule has 0 bridgehead atoms. The van der Waals surface area contributed by atoms with E-state index in [-0.39, 0.29) is 10.6 Å². The minimum absolute atomic E-state index is 0.0442. The molecule has 1 N–H and O–H groups in total. The summed E-state index contributed by atoms with van der Waals surface area (Å²) < 4.78 is 80.2. The van der Waals surface area contributed by atoms with Crippen LogP contribution in [-0.2, 0) is 20.0 Å². The van der Waals surface area contributed by atoms with E-state index >= 15 is 0 Å². The van der Waals surface area contributed by atoms with E-state index < -0.39 is 36.6 Å². The van der Waals surface area contributed by atoms with Crippen LogP contribution in [0.3, 0.4) is 0 Å². The van der Waals surface area contributed by atoms with E-state index in [9.17, 15) is 25.6 Å². The van der Waals surface area contributed by atoms with Crippen molar-refractivity contribution in [1.29, 1.82) is 0 Å². The Morgan fingerprint density at radius 1 is 0.759 bits per heavy atom.